The molecule has 4 nitrogen and oxygen atoms in total. The Kier molecular flexibility index (Phi) is 6.58. The number of carbonyl (C=O) groups excluding carboxylic acids is 2. The van der Waals surface area contributed by atoms with Crippen LogP contribution in [0.25, 0.3) is 0 Å². The van der Waals surface area contributed by atoms with Crippen LogP contribution in [0.2, 0.25) is 0 Å². The zero-order valence-electron chi connectivity index (χ0n) is 12.3. The maximum Gasteiger partial charge on any atom is 0.230 e. The Balaban J connectivity index is 2.52. The lowest BCUT2D eigenvalue weighted by atomic mass is 10.0. The largest absolute Gasteiger partial charge is 0.497 e. The number of hydrogen-bond donors (Lipinski definition) is 1. The summed E-state index contributed by atoms with van der Waals surface area (Å²) < 4.78 is 5.13. The van der Waals surface area contributed by atoms with Gasteiger partial charge in [-0.25, -0.2) is 0 Å². The number of carbonyl (C=O) groups is 2. The second kappa shape index (κ2) is 7.94. The van der Waals surface area contributed by atoms with Gasteiger partial charge >= 0.3 is 0 Å². The molecule has 5 heteroatoms. The van der Waals surface area contributed by atoms with Crippen LogP contribution in [0.15, 0.2) is 29.2 Å². The van der Waals surface area contributed by atoms with E-state index in [9.17, 15) is 9.59 Å². The zero-order chi connectivity index (χ0) is 15.1. The molecule has 0 radical (unpaired) electrons. The maximum atomic E-state index is 11.9. The molecule has 1 rings (SSSR count). The van der Waals surface area contributed by atoms with Gasteiger partial charge in [-0.05, 0) is 31.0 Å². The van der Waals surface area contributed by atoms with Gasteiger partial charge in [0.2, 0.25) is 5.91 Å². The number of methoxy groups -OCH3 is 1. The molecule has 0 fully saturated rings. The fourth-order valence-electron chi connectivity index (χ4n) is 1.79. The van der Waals surface area contributed by atoms with Crippen LogP contribution in [0.4, 0.5) is 0 Å². The van der Waals surface area contributed by atoms with Crippen molar-refractivity contribution in [3.63, 3.8) is 0 Å². The molecule has 0 aliphatic carbocycles. The van der Waals surface area contributed by atoms with E-state index in [-0.39, 0.29) is 23.4 Å². The number of amides is 1. The molecule has 0 aliphatic heterocycles. The van der Waals surface area contributed by atoms with E-state index in [1.165, 1.54) is 18.7 Å². The van der Waals surface area contributed by atoms with Gasteiger partial charge in [-0.2, -0.15) is 0 Å². The van der Waals surface area contributed by atoms with Crippen LogP contribution in [0, 0.1) is 5.92 Å². The van der Waals surface area contributed by atoms with Gasteiger partial charge in [0.05, 0.1) is 18.9 Å². The lowest BCUT2D eigenvalue weighted by molar-refractivity contribution is -0.126. The highest BCUT2D eigenvalue weighted by Gasteiger charge is 2.20. The van der Waals surface area contributed by atoms with Gasteiger partial charge in [-0.3, -0.25) is 9.59 Å². The van der Waals surface area contributed by atoms with Gasteiger partial charge in [0.1, 0.15) is 5.75 Å². The first-order valence-corrected chi connectivity index (χ1v) is 7.49. The first-order valence-electron chi connectivity index (χ1n) is 6.50. The first-order chi connectivity index (χ1) is 9.43. The Bertz CT molecular complexity index is 474. The van der Waals surface area contributed by atoms with E-state index >= 15 is 0 Å². The SMILES string of the molecule is COc1cccc(SCC(=O)NC(C(C)=O)C(C)C)c1. The lowest BCUT2D eigenvalue weighted by Gasteiger charge is -2.19. The average molecular weight is 295 g/mol. The van der Waals surface area contributed by atoms with Crippen molar-refractivity contribution < 1.29 is 14.3 Å². The highest BCUT2D eigenvalue weighted by molar-refractivity contribution is 8.00. The molecule has 1 N–H and O–H groups in total. The summed E-state index contributed by atoms with van der Waals surface area (Å²) in [6.45, 7) is 5.34. The van der Waals surface area contributed by atoms with E-state index in [1.807, 2.05) is 38.1 Å². The van der Waals surface area contributed by atoms with E-state index in [0.717, 1.165) is 10.6 Å². The van der Waals surface area contributed by atoms with Crippen LogP contribution < -0.4 is 10.1 Å². The van der Waals surface area contributed by atoms with Gasteiger partial charge in [0.15, 0.2) is 5.78 Å². The lowest BCUT2D eigenvalue weighted by Crippen LogP contribution is -2.44. The number of thioether (sulfide) groups is 1. The highest BCUT2D eigenvalue weighted by Crippen LogP contribution is 2.22. The molecule has 0 saturated heterocycles. The van der Waals surface area contributed by atoms with Gasteiger partial charge in [-0.15, -0.1) is 11.8 Å². The summed E-state index contributed by atoms with van der Waals surface area (Å²) in [5, 5.41) is 2.77. The summed E-state index contributed by atoms with van der Waals surface area (Å²) in [4.78, 5) is 24.3. The van der Waals surface area contributed by atoms with Gasteiger partial charge in [0.25, 0.3) is 0 Å². The molecule has 1 unspecified atom stereocenters. The fourth-order valence-corrected chi connectivity index (χ4v) is 2.55. The Morgan fingerprint density at radius 1 is 1.35 bits per heavy atom. The van der Waals surface area contributed by atoms with Crippen molar-refractivity contribution in [3.8, 4) is 5.75 Å². The van der Waals surface area contributed by atoms with Crippen molar-refractivity contribution in [3.05, 3.63) is 24.3 Å². The Labute approximate surface area is 124 Å². The van der Waals surface area contributed by atoms with Crippen LogP contribution in [0.5, 0.6) is 5.75 Å². The second-order valence-corrected chi connectivity index (χ2v) is 5.92. The average Bonchev–Trinajstić information content (AvgIpc) is 2.42. The van der Waals surface area contributed by atoms with Crippen LogP contribution in [-0.2, 0) is 9.59 Å². The smallest absolute Gasteiger partial charge is 0.230 e. The third kappa shape index (κ3) is 5.25. The summed E-state index contributed by atoms with van der Waals surface area (Å²) in [7, 11) is 1.61. The fraction of sp³-hybridized carbons (Fsp3) is 0.467. The molecule has 0 aliphatic rings. The summed E-state index contributed by atoms with van der Waals surface area (Å²) in [6, 6.07) is 7.13. The van der Waals surface area contributed by atoms with Gasteiger partial charge < -0.3 is 10.1 Å². The van der Waals surface area contributed by atoms with E-state index in [2.05, 4.69) is 5.32 Å². The summed E-state index contributed by atoms with van der Waals surface area (Å²) >= 11 is 1.42. The molecule has 1 atom stereocenters. The molecule has 0 aromatic heterocycles. The predicted octanol–water partition coefficient (Wildman–Crippen LogP) is 2.52. The predicted molar refractivity (Wildman–Crippen MR) is 81.2 cm³/mol. The molecule has 110 valence electrons. The number of ether oxygens (including phenoxy) is 1. The third-order valence-corrected chi connectivity index (χ3v) is 3.83. The summed E-state index contributed by atoms with van der Waals surface area (Å²) in [5.41, 5.74) is 0. The monoisotopic (exact) mass is 295 g/mol. The maximum absolute atomic E-state index is 11.9. The van der Waals surface area contributed by atoms with Gasteiger partial charge in [-0.1, -0.05) is 19.9 Å². The Morgan fingerprint density at radius 2 is 2.05 bits per heavy atom. The van der Waals surface area contributed by atoms with Gasteiger partial charge in [0, 0.05) is 4.90 Å². The molecular formula is C15H21NO3S. The summed E-state index contributed by atoms with van der Waals surface area (Å²) in [5.74, 6) is 0.993. The number of Topliss-reactive ketones (excluding diaryl/α,β-unsaturated/α-hetero) is 1. The van der Waals surface area contributed by atoms with Crippen LogP contribution in [0.3, 0.4) is 0 Å². The topological polar surface area (TPSA) is 55.4 Å². The standard InChI is InChI=1S/C15H21NO3S/c1-10(2)15(11(3)17)16-14(18)9-20-13-7-5-6-12(8-13)19-4/h5-8,10,15H,9H2,1-4H3,(H,16,18). The molecule has 0 bridgehead atoms. The van der Waals surface area contributed by atoms with Crippen LogP contribution in [-0.4, -0.2) is 30.6 Å². The normalized spacial score (nSPS) is 12.1. The van der Waals surface area contributed by atoms with E-state index in [0.29, 0.717) is 0 Å². The van der Waals surface area contributed by atoms with Crippen molar-refractivity contribution in [2.75, 3.05) is 12.9 Å². The van der Waals surface area contributed by atoms with Crippen molar-refractivity contribution in [1.82, 2.24) is 5.32 Å². The highest BCUT2D eigenvalue weighted by atomic mass is 32.2. The van der Waals surface area contributed by atoms with Crippen LogP contribution in [0.1, 0.15) is 20.8 Å². The molecule has 0 spiro atoms. The number of hydrogen-bond acceptors (Lipinski definition) is 4. The molecule has 1 aromatic carbocycles. The molecule has 0 saturated carbocycles. The first kappa shape index (κ1) is 16.6. The zero-order valence-corrected chi connectivity index (χ0v) is 13.1. The molecule has 1 amide bonds. The van der Waals surface area contributed by atoms with Crippen molar-refractivity contribution in [2.45, 2.75) is 31.7 Å². The number of ketones is 1. The number of nitrogens with one attached hydrogen (secondary N) is 1. The van der Waals surface area contributed by atoms with Crippen molar-refractivity contribution >= 4 is 23.5 Å². The van der Waals surface area contributed by atoms with Crippen LogP contribution >= 0.6 is 11.8 Å². The third-order valence-electron chi connectivity index (χ3n) is 2.83. The van der Waals surface area contributed by atoms with E-state index in [4.69, 9.17) is 4.74 Å². The Hall–Kier alpha value is -1.49. The number of benzene rings is 1. The molecule has 20 heavy (non-hydrogen) atoms. The molecular weight excluding hydrogens is 274 g/mol. The quantitative estimate of drug-likeness (QED) is 0.785. The minimum absolute atomic E-state index is 0.0141. The molecule has 0 heterocycles. The minimum atomic E-state index is -0.409. The Morgan fingerprint density at radius 3 is 2.60 bits per heavy atom. The van der Waals surface area contributed by atoms with Crippen molar-refractivity contribution in [1.29, 1.82) is 0 Å². The summed E-state index contributed by atoms with van der Waals surface area (Å²) in [6.07, 6.45) is 0. The van der Waals surface area contributed by atoms with E-state index in [1.54, 1.807) is 7.11 Å². The van der Waals surface area contributed by atoms with Crippen molar-refractivity contribution in [2.24, 2.45) is 5.92 Å². The second-order valence-electron chi connectivity index (χ2n) is 4.87. The molecule has 1 aromatic rings. The van der Waals surface area contributed by atoms with E-state index < -0.39 is 6.04 Å². The number of rotatable bonds is 7. The minimum Gasteiger partial charge on any atom is -0.497 e.